The Morgan fingerprint density at radius 2 is 2.21 bits per heavy atom. The van der Waals surface area contributed by atoms with Crippen molar-refractivity contribution in [3.63, 3.8) is 0 Å². The van der Waals surface area contributed by atoms with Crippen LogP contribution in [-0.2, 0) is 14.3 Å². The summed E-state index contributed by atoms with van der Waals surface area (Å²) >= 11 is 0. The summed E-state index contributed by atoms with van der Waals surface area (Å²) in [7, 11) is 0. The van der Waals surface area contributed by atoms with Crippen LogP contribution >= 0.6 is 0 Å². The van der Waals surface area contributed by atoms with Crippen molar-refractivity contribution in [1.82, 2.24) is 0 Å². The molecule has 0 fully saturated rings. The SMILES string of the molecule is C=C(CCC(C#N)OC(C)=O)C(=O)O. The van der Waals surface area contributed by atoms with Gasteiger partial charge in [0.2, 0.25) is 0 Å². The molecule has 0 radical (unpaired) electrons. The van der Waals surface area contributed by atoms with E-state index in [-0.39, 0.29) is 18.4 Å². The Morgan fingerprint density at radius 3 is 2.57 bits per heavy atom. The molecule has 0 saturated carbocycles. The zero-order valence-electron chi connectivity index (χ0n) is 7.82. The molecule has 1 N–H and O–H groups in total. The van der Waals surface area contributed by atoms with Gasteiger partial charge >= 0.3 is 11.9 Å². The Kier molecular flexibility index (Phi) is 5.00. The smallest absolute Gasteiger partial charge is 0.330 e. The number of rotatable bonds is 5. The molecule has 1 atom stereocenters. The van der Waals surface area contributed by atoms with Crippen LogP contribution in [0, 0.1) is 11.3 Å². The number of carboxylic acid groups (broad SMARTS) is 1. The summed E-state index contributed by atoms with van der Waals surface area (Å²) in [5.74, 6) is -1.66. The number of esters is 1. The summed E-state index contributed by atoms with van der Waals surface area (Å²) in [6.07, 6.45) is -0.620. The van der Waals surface area contributed by atoms with E-state index in [9.17, 15) is 9.59 Å². The molecule has 0 spiro atoms. The zero-order valence-corrected chi connectivity index (χ0v) is 7.82. The predicted molar refractivity (Wildman–Crippen MR) is 47.2 cm³/mol. The van der Waals surface area contributed by atoms with Gasteiger partial charge in [0.05, 0.1) is 0 Å². The summed E-state index contributed by atoms with van der Waals surface area (Å²) in [6, 6.07) is 1.75. The molecule has 0 aliphatic carbocycles. The summed E-state index contributed by atoms with van der Waals surface area (Å²) in [5.41, 5.74) is -0.00241. The Morgan fingerprint density at radius 1 is 1.64 bits per heavy atom. The van der Waals surface area contributed by atoms with Crippen LogP contribution in [0.4, 0.5) is 0 Å². The zero-order chi connectivity index (χ0) is 11.1. The highest BCUT2D eigenvalue weighted by molar-refractivity contribution is 5.85. The largest absolute Gasteiger partial charge is 0.478 e. The van der Waals surface area contributed by atoms with Crippen molar-refractivity contribution in [3.8, 4) is 6.07 Å². The second-order valence-corrected chi connectivity index (χ2v) is 2.67. The van der Waals surface area contributed by atoms with Crippen LogP contribution < -0.4 is 0 Å². The Balaban J connectivity index is 3.98. The van der Waals surface area contributed by atoms with E-state index in [2.05, 4.69) is 11.3 Å². The monoisotopic (exact) mass is 197 g/mol. The molecule has 5 nitrogen and oxygen atoms in total. The number of nitriles is 1. The molecule has 0 aromatic rings. The van der Waals surface area contributed by atoms with Crippen LogP contribution in [0.2, 0.25) is 0 Å². The quantitative estimate of drug-likeness (QED) is 0.521. The van der Waals surface area contributed by atoms with E-state index in [1.54, 1.807) is 6.07 Å². The standard InChI is InChI=1S/C9H11NO4/c1-6(9(12)13)3-4-8(5-10)14-7(2)11/h8H,1,3-4H2,2H3,(H,12,13). The van der Waals surface area contributed by atoms with Crippen LogP contribution in [0.15, 0.2) is 12.2 Å². The molecule has 76 valence electrons. The minimum Gasteiger partial charge on any atom is -0.478 e. The number of hydrogen-bond donors (Lipinski definition) is 1. The first-order valence-corrected chi connectivity index (χ1v) is 3.95. The Hall–Kier alpha value is -1.83. The van der Waals surface area contributed by atoms with Crippen molar-refractivity contribution in [2.75, 3.05) is 0 Å². The van der Waals surface area contributed by atoms with Gasteiger partial charge in [0.25, 0.3) is 0 Å². The molecule has 0 bridgehead atoms. The van der Waals surface area contributed by atoms with Crippen molar-refractivity contribution in [1.29, 1.82) is 5.26 Å². The molecule has 5 heteroatoms. The second-order valence-electron chi connectivity index (χ2n) is 2.67. The minimum atomic E-state index is -1.11. The van der Waals surface area contributed by atoms with Gasteiger partial charge < -0.3 is 9.84 Å². The molecule has 0 aromatic carbocycles. The third-order valence-corrected chi connectivity index (χ3v) is 1.46. The van der Waals surface area contributed by atoms with Gasteiger partial charge in [-0.1, -0.05) is 6.58 Å². The van der Waals surface area contributed by atoms with E-state index >= 15 is 0 Å². The van der Waals surface area contributed by atoms with Crippen molar-refractivity contribution >= 4 is 11.9 Å². The lowest BCUT2D eigenvalue weighted by Crippen LogP contribution is -2.15. The first-order valence-electron chi connectivity index (χ1n) is 3.95. The molecule has 1 unspecified atom stereocenters. The molecule has 0 saturated heterocycles. The number of ether oxygens (including phenoxy) is 1. The van der Waals surface area contributed by atoms with Crippen LogP contribution in [0.25, 0.3) is 0 Å². The van der Waals surface area contributed by atoms with E-state index in [0.29, 0.717) is 0 Å². The van der Waals surface area contributed by atoms with E-state index in [4.69, 9.17) is 10.4 Å². The fourth-order valence-corrected chi connectivity index (χ4v) is 0.762. The fourth-order valence-electron chi connectivity index (χ4n) is 0.762. The average Bonchev–Trinajstić information content (AvgIpc) is 2.10. The summed E-state index contributed by atoms with van der Waals surface area (Å²) in [5, 5.41) is 17.0. The predicted octanol–water partition coefficient (Wildman–Crippen LogP) is 0.863. The normalized spacial score (nSPS) is 11.1. The second kappa shape index (κ2) is 5.75. The van der Waals surface area contributed by atoms with Crippen molar-refractivity contribution in [3.05, 3.63) is 12.2 Å². The van der Waals surface area contributed by atoms with Gasteiger partial charge in [-0.2, -0.15) is 5.26 Å². The van der Waals surface area contributed by atoms with Crippen LogP contribution in [0.5, 0.6) is 0 Å². The van der Waals surface area contributed by atoms with E-state index < -0.39 is 18.0 Å². The Labute approximate surface area is 81.6 Å². The number of carbonyl (C=O) groups is 2. The molecule has 0 rings (SSSR count). The molecule has 0 aliphatic rings. The van der Waals surface area contributed by atoms with Crippen molar-refractivity contribution in [2.45, 2.75) is 25.9 Å². The van der Waals surface area contributed by atoms with Gasteiger partial charge in [-0.25, -0.2) is 4.79 Å². The molecule has 0 aromatic heterocycles. The number of carboxylic acids is 1. The first kappa shape index (κ1) is 12.2. The highest BCUT2D eigenvalue weighted by Crippen LogP contribution is 2.08. The third-order valence-electron chi connectivity index (χ3n) is 1.46. The van der Waals surface area contributed by atoms with E-state index in [1.165, 1.54) is 6.92 Å². The lowest BCUT2D eigenvalue weighted by Gasteiger charge is -2.08. The molecule has 0 amide bonds. The van der Waals surface area contributed by atoms with Crippen molar-refractivity contribution in [2.24, 2.45) is 0 Å². The lowest BCUT2D eigenvalue weighted by molar-refractivity contribution is -0.144. The highest BCUT2D eigenvalue weighted by Gasteiger charge is 2.13. The summed E-state index contributed by atoms with van der Waals surface area (Å²) in [6.45, 7) is 4.48. The number of carbonyl (C=O) groups excluding carboxylic acids is 1. The fraction of sp³-hybridized carbons (Fsp3) is 0.444. The topological polar surface area (TPSA) is 87.4 Å². The molecule has 0 heterocycles. The first-order chi connectivity index (χ1) is 6.47. The number of aliphatic carboxylic acids is 1. The number of nitrogens with zero attached hydrogens (tertiary/aromatic N) is 1. The summed E-state index contributed by atoms with van der Waals surface area (Å²) in [4.78, 5) is 20.8. The molecule has 0 aliphatic heterocycles. The maximum atomic E-state index is 10.5. The summed E-state index contributed by atoms with van der Waals surface area (Å²) < 4.78 is 4.60. The maximum Gasteiger partial charge on any atom is 0.330 e. The molecule has 14 heavy (non-hydrogen) atoms. The molecular weight excluding hydrogens is 186 g/mol. The van der Waals surface area contributed by atoms with Gasteiger partial charge in [0, 0.05) is 18.9 Å². The van der Waals surface area contributed by atoms with Gasteiger partial charge in [0.15, 0.2) is 6.10 Å². The van der Waals surface area contributed by atoms with E-state index in [1.807, 2.05) is 0 Å². The van der Waals surface area contributed by atoms with E-state index in [0.717, 1.165) is 0 Å². The third kappa shape index (κ3) is 4.93. The lowest BCUT2D eigenvalue weighted by atomic mass is 10.1. The van der Waals surface area contributed by atoms with Crippen molar-refractivity contribution < 1.29 is 19.4 Å². The van der Waals surface area contributed by atoms with Gasteiger partial charge in [-0.3, -0.25) is 4.79 Å². The Bertz CT molecular complexity index is 290. The van der Waals surface area contributed by atoms with Crippen LogP contribution in [0.3, 0.4) is 0 Å². The van der Waals surface area contributed by atoms with Gasteiger partial charge in [-0.15, -0.1) is 0 Å². The maximum absolute atomic E-state index is 10.5. The van der Waals surface area contributed by atoms with Crippen LogP contribution in [-0.4, -0.2) is 23.1 Å². The minimum absolute atomic E-state index is 0.00241. The number of hydrogen-bond acceptors (Lipinski definition) is 4. The van der Waals surface area contributed by atoms with Gasteiger partial charge in [-0.05, 0) is 6.42 Å². The highest BCUT2D eigenvalue weighted by atomic mass is 16.5. The van der Waals surface area contributed by atoms with Crippen LogP contribution in [0.1, 0.15) is 19.8 Å². The molecular formula is C9H11NO4. The average molecular weight is 197 g/mol. The van der Waals surface area contributed by atoms with Gasteiger partial charge in [0.1, 0.15) is 6.07 Å².